The number of carbonyl (C=O) groups excluding carboxylic acids is 1. The van der Waals surface area contributed by atoms with Gasteiger partial charge in [0.25, 0.3) is 11.5 Å². The van der Waals surface area contributed by atoms with Crippen LogP contribution >= 0.6 is 0 Å². The van der Waals surface area contributed by atoms with Crippen molar-refractivity contribution in [3.05, 3.63) is 64.1 Å². The molecule has 0 spiro atoms. The topological polar surface area (TPSA) is 76.0 Å². The molecule has 22 heavy (non-hydrogen) atoms. The average molecular weight is 300 g/mol. The molecule has 1 heterocycles. The lowest BCUT2D eigenvalue weighted by Crippen LogP contribution is -2.31. The number of rotatable bonds is 7. The third kappa shape index (κ3) is 4.53. The summed E-state index contributed by atoms with van der Waals surface area (Å²) < 4.78 is 1.30. The fourth-order valence-corrected chi connectivity index (χ4v) is 2.00. The van der Waals surface area contributed by atoms with Crippen LogP contribution in [0.5, 0.6) is 0 Å². The molecule has 1 aromatic carbocycles. The minimum absolute atomic E-state index is 0.226. The molecule has 0 aliphatic carbocycles. The SMILES string of the molecule is CNCCCNC(=O)c1ccc(=O)n(Cc2ccccc2)n1. The highest BCUT2D eigenvalue weighted by molar-refractivity contribution is 5.91. The summed E-state index contributed by atoms with van der Waals surface area (Å²) in [6, 6.07) is 12.4. The van der Waals surface area contributed by atoms with Crippen LogP contribution in [0.25, 0.3) is 0 Å². The second-order valence-electron chi connectivity index (χ2n) is 4.91. The zero-order chi connectivity index (χ0) is 15.8. The minimum Gasteiger partial charge on any atom is -0.351 e. The zero-order valence-corrected chi connectivity index (χ0v) is 12.6. The smallest absolute Gasteiger partial charge is 0.271 e. The Morgan fingerprint density at radius 1 is 1.14 bits per heavy atom. The van der Waals surface area contributed by atoms with Gasteiger partial charge in [-0.2, -0.15) is 5.10 Å². The van der Waals surface area contributed by atoms with E-state index in [0.29, 0.717) is 13.1 Å². The Morgan fingerprint density at radius 3 is 2.64 bits per heavy atom. The lowest BCUT2D eigenvalue weighted by atomic mass is 10.2. The van der Waals surface area contributed by atoms with Gasteiger partial charge in [0, 0.05) is 12.6 Å². The predicted octanol–water partition coefficient (Wildman–Crippen LogP) is 0.631. The fraction of sp³-hybridized carbons (Fsp3) is 0.312. The third-order valence-electron chi connectivity index (χ3n) is 3.16. The molecular weight excluding hydrogens is 280 g/mol. The number of hydrogen-bond acceptors (Lipinski definition) is 4. The highest BCUT2D eigenvalue weighted by Gasteiger charge is 2.09. The zero-order valence-electron chi connectivity index (χ0n) is 12.6. The van der Waals surface area contributed by atoms with Gasteiger partial charge >= 0.3 is 0 Å². The van der Waals surface area contributed by atoms with Crippen LogP contribution < -0.4 is 16.2 Å². The first-order valence-electron chi connectivity index (χ1n) is 7.25. The molecule has 1 amide bonds. The van der Waals surface area contributed by atoms with E-state index in [9.17, 15) is 9.59 Å². The number of aromatic nitrogens is 2. The molecule has 0 aliphatic heterocycles. The highest BCUT2D eigenvalue weighted by atomic mass is 16.2. The van der Waals surface area contributed by atoms with Gasteiger partial charge in [-0.25, -0.2) is 4.68 Å². The van der Waals surface area contributed by atoms with Gasteiger partial charge in [-0.3, -0.25) is 9.59 Å². The van der Waals surface area contributed by atoms with Crippen molar-refractivity contribution in [2.24, 2.45) is 0 Å². The Kier molecular flexibility index (Phi) is 5.85. The summed E-state index contributed by atoms with van der Waals surface area (Å²) in [5, 5.41) is 9.94. The van der Waals surface area contributed by atoms with Gasteiger partial charge in [0.15, 0.2) is 0 Å². The second-order valence-corrected chi connectivity index (χ2v) is 4.91. The van der Waals surface area contributed by atoms with E-state index in [0.717, 1.165) is 18.5 Å². The molecule has 2 rings (SSSR count). The number of nitrogens with one attached hydrogen (secondary N) is 2. The van der Waals surface area contributed by atoms with Gasteiger partial charge in [-0.1, -0.05) is 30.3 Å². The molecule has 0 bridgehead atoms. The lowest BCUT2D eigenvalue weighted by molar-refractivity contribution is 0.0946. The number of nitrogens with zero attached hydrogens (tertiary/aromatic N) is 2. The molecular formula is C16H20N4O2. The van der Waals surface area contributed by atoms with E-state index < -0.39 is 0 Å². The Balaban J connectivity index is 2.06. The molecule has 2 aromatic rings. The second kappa shape index (κ2) is 8.09. The number of carbonyl (C=O) groups is 1. The van der Waals surface area contributed by atoms with E-state index in [4.69, 9.17) is 0 Å². The van der Waals surface area contributed by atoms with Crippen molar-refractivity contribution in [1.82, 2.24) is 20.4 Å². The van der Waals surface area contributed by atoms with Crippen molar-refractivity contribution in [1.29, 1.82) is 0 Å². The summed E-state index contributed by atoms with van der Waals surface area (Å²) in [6.45, 7) is 1.75. The van der Waals surface area contributed by atoms with E-state index in [-0.39, 0.29) is 17.2 Å². The monoisotopic (exact) mass is 300 g/mol. The van der Waals surface area contributed by atoms with Gasteiger partial charge in [-0.05, 0) is 31.6 Å². The van der Waals surface area contributed by atoms with Crippen LogP contribution in [0, 0.1) is 0 Å². The van der Waals surface area contributed by atoms with Crippen molar-refractivity contribution < 1.29 is 4.79 Å². The molecule has 6 heteroatoms. The first-order valence-corrected chi connectivity index (χ1v) is 7.25. The maximum Gasteiger partial charge on any atom is 0.271 e. The molecule has 0 unspecified atom stereocenters. The molecule has 0 fully saturated rings. The van der Waals surface area contributed by atoms with Crippen LogP contribution in [0.1, 0.15) is 22.5 Å². The van der Waals surface area contributed by atoms with Gasteiger partial charge in [0.2, 0.25) is 0 Å². The number of hydrogen-bond donors (Lipinski definition) is 2. The van der Waals surface area contributed by atoms with Gasteiger partial charge < -0.3 is 10.6 Å². The molecule has 0 aliphatic rings. The quantitative estimate of drug-likeness (QED) is 0.736. The van der Waals surface area contributed by atoms with Crippen molar-refractivity contribution in [3.63, 3.8) is 0 Å². The summed E-state index contributed by atoms with van der Waals surface area (Å²) in [6.07, 6.45) is 0.839. The first-order chi connectivity index (χ1) is 10.7. The maximum absolute atomic E-state index is 12.0. The van der Waals surface area contributed by atoms with E-state index in [1.54, 1.807) is 0 Å². The molecule has 1 aromatic heterocycles. The largest absolute Gasteiger partial charge is 0.351 e. The minimum atomic E-state index is -0.266. The van der Waals surface area contributed by atoms with E-state index in [1.807, 2.05) is 37.4 Å². The average Bonchev–Trinajstić information content (AvgIpc) is 2.54. The van der Waals surface area contributed by atoms with Crippen LogP contribution in [0.2, 0.25) is 0 Å². The molecule has 0 atom stereocenters. The van der Waals surface area contributed by atoms with Crippen molar-refractivity contribution in [2.45, 2.75) is 13.0 Å². The molecule has 116 valence electrons. The maximum atomic E-state index is 12.0. The molecule has 0 saturated carbocycles. The highest BCUT2D eigenvalue weighted by Crippen LogP contribution is 2.00. The molecule has 2 N–H and O–H groups in total. The van der Waals surface area contributed by atoms with Gasteiger partial charge in [-0.15, -0.1) is 0 Å². The van der Waals surface area contributed by atoms with Crippen LogP contribution in [-0.4, -0.2) is 35.8 Å². The van der Waals surface area contributed by atoms with Crippen molar-refractivity contribution in [3.8, 4) is 0 Å². The summed E-state index contributed by atoms with van der Waals surface area (Å²) in [4.78, 5) is 23.9. The van der Waals surface area contributed by atoms with Crippen molar-refractivity contribution >= 4 is 5.91 Å². The standard InChI is InChI=1S/C16H20N4O2/c1-17-10-5-11-18-16(22)14-8-9-15(21)20(19-14)12-13-6-3-2-4-7-13/h2-4,6-9,17H,5,10-12H2,1H3,(H,18,22). The Labute approximate surface area is 129 Å². The molecule has 6 nitrogen and oxygen atoms in total. The van der Waals surface area contributed by atoms with Gasteiger partial charge in [0.05, 0.1) is 6.54 Å². The van der Waals surface area contributed by atoms with E-state index >= 15 is 0 Å². The van der Waals surface area contributed by atoms with Gasteiger partial charge in [0.1, 0.15) is 5.69 Å². The van der Waals surface area contributed by atoms with Crippen LogP contribution in [-0.2, 0) is 6.54 Å². The molecule has 0 saturated heterocycles. The normalized spacial score (nSPS) is 10.4. The Morgan fingerprint density at radius 2 is 1.91 bits per heavy atom. The Hall–Kier alpha value is -2.47. The summed E-state index contributed by atoms with van der Waals surface area (Å²) in [7, 11) is 1.86. The summed E-state index contributed by atoms with van der Waals surface area (Å²) >= 11 is 0. The number of amides is 1. The van der Waals surface area contributed by atoms with E-state index in [1.165, 1.54) is 16.8 Å². The number of benzene rings is 1. The van der Waals surface area contributed by atoms with Crippen molar-refractivity contribution in [2.75, 3.05) is 20.1 Å². The summed E-state index contributed by atoms with van der Waals surface area (Å²) in [5.41, 5.74) is 0.985. The third-order valence-corrected chi connectivity index (χ3v) is 3.16. The van der Waals surface area contributed by atoms with Crippen LogP contribution in [0.3, 0.4) is 0 Å². The Bertz CT molecular complexity index is 667. The molecule has 0 radical (unpaired) electrons. The van der Waals surface area contributed by atoms with E-state index in [2.05, 4.69) is 15.7 Å². The lowest BCUT2D eigenvalue weighted by Gasteiger charge is -2.08. The predicted molar refractivity (Wildman–Crippen MR) is 84.9 cm³/mol. The summed E-state index contributed by atoms with van der Waals surface area (Å²) in [5.74, 6) is -0.266. The van der Waals surface area contributed by atoms with Crippen LogP contribution in [0.15, 0.2) is 47.3 Å². The fourth-order valence-electron chi connectivity index (χ4n) is 2.00. The van der Waals surface area contributed by atoms with Crippen LogP contribution in [0.4, 0.5) is 0 Å². The first kappa shape index (κ1) is 15.9.